The Balaban J connectivity index is 2.99. The highest BCUT2D eigenvalue weighted by Gasteiger charge is 2.19. The number of nitrogens with one attached hydrogen (secondary N) is 1. The molecule has 0 amide bonds. The number of fused-ring (bicyclic) bond motifs is 1. The molecule has 0 saturated heterocycles. The van der Waals surface area contributed by atoms with E-state index in [1.54, 1.807) is 6.92 Å². The first-order chi connectivity index (χ1) is 8.43. The Kier molecular flexibility index (Phi) is 2.59. The van der Waals surface area contributed by atoms with Gasteiger partial charge in [-0.15, -0.1) is 0 Å². The van der Waals surface area contributed by atoms with Gasteiger partial charge in [0.25, 0.3) is 5.69 Å². The molecule has 1 heterocycles. The van der Waals surface area contributed by atoms with E-state index in [-0.39, 0.29) is 16.6 Å². The molecule has 92 valence electrons. The molecule has 0 radical (unpaired) electrons. The number of nitrogens with zero attached hydrogens (tertiary/aromatic N) is 1. The summed E-state index contributed by atoms with van der Waals surface area (Å²) in [5, 5.41) is 19.7. The van der Waals surface area contributed by atoms with Gasteiger partial charge >= 0.3 is 5.97 Å². The Morgan fingerprint density at radius 3 is 2.67 bits per heavy atom. The number of pyridine rings is 1. The standard InChI is InChI=1S/C11H8N2O5/c1-5-2-3-7(13(17)18)9-8(5)10(14)6(4-12-9)11(15)16/h2-4H,1H3,(H,12,14)(H,15,16). The van der Waals surface area contributed by atoms with Crippen LogP contribution in [0.1, 0.15) is 15.9 Å². The lowest BCUT2D eigenvalue weighted by molar-refractivity contribution is -0.383. The van der Waals surface area contributed by atoms with Gasteiger partial charge in [-0.3, -0.25) is 14.9 Å². The monoisotopic (exact) mass is 248 g/mol. The molecule has 0 saturated carbocycles. The van der Waals surface area contributed by atoms with Crippen molar-refractivity contribution in [3.8, 4) is 0 Å². The number of benzene rings is 1. The van der Waals surface area contributed by atoms with Crippen molar-refractivity contribution in [1.82, 2.24) is 4.98 Å². The van der Waals surface area contributed by atoms with Crippen LogP contribution in [-0.2, 0) is 0 Å². The first-order valence-corrected chi connectivity index (χ1v) is 4.96. The Morgan fingerprint density at radius 2 is 2.11 bits per heavy atom. The number of hydrogen-bond acceptors (Lipinski definition) is 4. The van der Waals surface area contributed by atoms with Crippen molar-refractivity contribution in [2.75, 3.05) is 0 Å². The summed E-state index contributed by atoms with van der Waals surface area (Å²) < 4.78 is 0. The molecular formula is C11H8N2O5. The zero-order chi connectivity index (χ0) is 13.4. The first kappa shape index (κ1) is 11.8. The van der Waals surface area contributed by atoms with Gasteiger partial charge in [0.15, 0.2) is 0 Å². The summed E-state index contributed by atoms with van der Waals surface area (Å²) in [6.45, 7) is 1.59. The maximum Gasteiger partial charge on any atom is 0.341 e. The van der Waals surface area contributed by atoms with Gasteiger partial charge < -0.3 is 10.1 Å². The molecule has 1 aromatic carbocycles. The topological polar surface area (TPSA) is 113 Å². The van der Waals surface area contributed by atoms with E-state index in [2.05, 4.69) is 4.98 Å². The van der Waals surface area contributed by atoms with E-state index in [9.17, 15) is 19.7 Å². The number of carboxylic acid groups (broad SMARTS) is 1. The van der Waals surface area contributed by atoms with Crippen LogP contribution in [-0.4, -0.2) is 21.0 Å². The van der Waals surface area contributed by atoms with Crippen molar-refractivity contribution < 1.29 is 14.8 Å². The minimum atomic E-state index is -1.37. The van der Waals surface area contributed by atoms with Crippen LogP contribution in [0, 0.1) is 17.0 Å². The molecule has 2 aromatic rings. The smallest absolute Gasteiger partial charge is 0.341 e. The summed E-state index contributed by atoms with van der Waals surface area (Å²) in [5.74, 6) is -1.37. The third-order valence-electron chi connectivity index (χ3n) is 2.65. The molecule has 7 heteroatoms. The van der Waals surface area contributed by atoms with Crippen LogP contribution in [0.2, 0.25) is 0 Å². The fraction of sp³-hybridized carbons (Fsp3) is 0.0909. The maximum absolute atomic E-state index is 11.9. The molecule has 2 rings (SSSR count). The number of aromatic nitrogens is 1. The van der Waals surface area contributed by atoms with E-state index in [0.717, 1.165) is 6.20 Å². The lowest BCUT2D eigenvalue weighted by Gasteiger charge is -2.03. The lowest BCUT2D eigenvalue weighted by atomic mass is 10.1. The zero-order valence-electron chi connectivity index (χ0n) is 9.26. The van der Waals surface area contributed by atoms with Crippen molar-refractivity contribution in [1.29, 1.82) is 0 Å². The highest BCUT2D eigenvalue weighted by molar-refractivity contribution is 5.96. The largest absolute Gasteiger partial charge is 0.477 e. The summed E-state index contributed by atoms with van der Waals surface area (Å²) in [4.78, 5) is 35.5. The van der Waals surface area contributed by atoms with Gasteiger partial charge in [-0.05, 0) is 12.5 Å². The number of carbonyl (C=O) groups is 1. The fourth-order valence-corrected chi connectivity index (χ4v) is 1.79. The highest BCUT2D eigenvalue weighted by Crippen LogP contribution is 2.24. The lowest BCUT2D eigenvalue weighted by Crippen LogP contribution is -2.16. The molecule has 0 unspecified atom stereocenters. The SMILES string of the molecule is Cc1ccc([N+](=O)[O-])c2[nH]cc(C(=O)O)c(=O)c12. The Hall–Kier alpha value is -2.70. The van der Waals surface area contributed by atoms with E-state index < -0.39 is 21.9 Å². The Labute approximate surface area is 99.8 Å². The number of H-pyrrole nitrogens is 1. The Morgan fingerprint density at radius 1 is 1.44 bits per heavy atom. The van der Waals surface area contributed by atoms with E-state index in [0.29, 0.717) is 5.56 Å². The van der Waals surface area contributed by atoms with Crippen LogP contribution in [0.5, 0.6) is 0 Å². The van der Waals surface area contributed by atoms with Gasteiger partial charge in [0.05, 0.1) is 10.3 Å². The second kappa shape index (κ2) is 3.95. The van der Waals surface area contributed by atoms with Gasteiger partial charge in [-0.1, -0.05) is 6.07 Å². The van der Waals surface area contributed by atoms with Crippen LogP contribution in [0.25, 0.3) is 10.9 Å². The van der Waals surface area contributed by atoms with Gasteiger partial charge in [-0.25, -0.2) is 4.79 Å². The molecule has 0 aliphatic carbocycles. The normalized spacial score (nSPS) is 10.5. The minimum absolute atomic E-state index is 0.0316. The third-order valence-corrected chi connectivity index (χ3v) is 2.65. The summed E-state index contributed by atoms with van der Waals surface area (Å²) in [6.07, 6.45) is 0.972. The van der Waals surface area contributed by atoms with Crippen molar-refractivity contribution >= 4 is 22.6 Å². The van der Waals surface area contributed by atoms with E-state index in [1.807, 2.05) is 0 Å². The summed E-state index contributed by atoms with van der Waals surface area (Å²) in [7, 11) is 0. The number of carboxylic acids is 1. The average Bonchev–Trinajstić information content (AvgIpc) is 2.28. The molecule has 0 fully saturated rings. The second-order valence-electron chi connectivity index (χ2n) is 3.75. The van der Waals surface area contributed by atoms with E-state index in [1.165, 1.54) is 12.1 Å². The van der Waals surface area contributed by atoms with Crippen LogP contribution in [0.3, 0.4) is 0 Å². The van der Waals surface area contributed by atoms with Crippen LogP contribution >= 0.6 is 0 Å². The number of rotatable bonds is 2. The highest BCUT2D eigenvalue weighted by atomic mass is 16.6. The Bertz CT molecular complexity index is 732. The summed E-state index contributed by atoms with van der Waals surface area (Å²) in [6, 6.07) is 2.69. The second-order valence-corrected chi connectivity index (χ2v) is 3.75. The van der Waals surface area contributed by atoms with Gasteiger partial charge in [0.2, 0.25) is 5.43 Å². The molecule has 0 aliphatic rings. The van der Waals surface area contributed by atoms with E-state index >= 15 is 0 Å². The fourth-order valence-electron chi connectivity index (χ4n) is 1.79. The molecule has 2 N–H and O–H groups in total. The summed E-state index contributed by atoms with van der Waals surface area (Å²) in [5.41, 5.74) is -0.900. The van der Waals surface area contributed by atoms with Crippen molar-refractivity contribution in [2.24, 2.45) is 0 Å². The number of hydrogen-bond donors (Lipinski definition) is 2. The van der Waals surface area contributed by atoms with Crippen molar-refractivity contribution in [3.63, 3.8) is 0 Å². The molecule has 0 spiro atoms. The predicted molar refractivity (Wildman–Crippen MR) is 62.9 cm³/mol. The number of non-ortho nitro benzene ring substituents is 1. The molecule has 18 heavy (non-hydrogen) atoms. The summed E-state index contributed by atoms with van der Waals surface area (Å²) >= 11 is 0. The number of aromatic amines is 1. The first-order valence-electron chi connectivity index (χ1n) is 4.96. The third kappa shape index (κ3) is 1.61. The number of aryl methyl sites for hydroxylation is 1. The van der Waals surface area contributed by atoms with Crippen LogP contribution in [0.4, 0.5) is 5.69 Å². The van der Waals surface area contributed by atoms with Gasteiger partial charge in [0.1, 0.15) is 11.1 Å². The van der Waals surface area contributed by atoms with Gasteiger partial charge in [-0.2, -0.15) is 0 Å². The number of nitro groups is 1. The van der Waals surface area contributed by atoms with Crippen LogP contribution in [0.15, 0.2) is 23.1 Å². The van der Waals surface area contributed by atoms with E-state index in [4.69, 9.17) is 5.11 Å². The van der Waals surface area contributed by atoms with Crippen molar-refractivity contribution in [3.05, 3.63) is 49.8 Å². The van der Waals surface area contributed by atoms with Crippen LogP contribution < -0.4 is 5.43 Å². The minimum Gasteiger partial charge on any atom is -0.477 e. The molecule has 1 aromatic heterocycles. The van der Waals surface area contributed by atoms with Gasteiger partial charge in [0, 0.05) is 12.3 Å². The number of nitro benzene ring substituents is 1. The van der Waals surface area contributed by atoms with Crippen molar-refractivity contribution in [2.45, 2.75) is 6.92 Å². The number of aromatic carboxylic acids is 1. The molecule has 0 atom stereocenters. The zero-order valence-corrected chi connectivity index (χ0v) is 9.26. The maximum atomic E-state index is 11.9. The molecule has 7 nitrogen and oxygen atoms in total. The quantitative estimate of drug-likeness (QED) is 0.616. The molecular weight excluding hydrogens is 240 g/mol. The predicted octanol–water partition coefficient (Wildman–Crippen LogP) is 1.44. The molecule has 0 bridgehead atoms. The molecule has 0 aliphatic heterocycles. The average molecular weight is 248 g/mol.